The lowest BCUT2D eigenvalue weighted by Gasteiger charge is -2.52. The number of carbonyl (C=O) groups is 1. The fourth-order valence-electron chi connectivity index (χ4n) is 4.94. The lowest BCUT2D eigenvalue weighted by atomic mass is 9.59. The fourth-order valence-corrected chi connectivity index (χ4v) is 4.94. The second-order valence-electron chi connectivity index (χ2n) is 8.83. The average Bonchev–Trinajstić information content (AvgIpc) is 3.40. The van der Waals surface area contributed by atoms with Crippen molar-refractivity contribution in [1.82, 2.24) is 29.7 Å². The summed E-state index contributed by atoms with van der Waals surface area (Å²) in [7, 11) is 1.65. The molecule has 3 aromatic rings. The molecular formula is C20H21F3N6O3. The molecule has 1 saturated carbocycles. The van der Waals surface area contributed by atoms with E-state index < -0.39 is 17.7 Å². The highest BCUT2D eigenvalue weighted by Crippen LogP contribution is 2.54. The highest BCUT2D eigenvalue weighted by molar-refractivity contribution is 5.87. The zero-order chi connectivity index (χ0) is 22.7. The van der Waals surface area contributed by atoms with Gasteiger partial charge in [-0.1, -0.05) is 0 Å². The van der Waals surface area contributed by atoms with Crippen molar-refractivity contribution < 1.29 is 27.4 Å². The topological polar surface area (TPSA) is 95.6 Å². The van der Waals surface area contributed by atoms with Crippen LogP contribution in [-0.4, -0.2) is 55.2 Å². The van der Waals surface area contributed by atoms with Crippen LogP contribution >= 0.6 is 0 Å². The first-order valence-corrected chi connectivity index (χ1v) is 10.1. The number of hydrogen-bond donors (Lipinski definition) is 1. The third kappa shape index (κ3) is 3.48. The van der Waals surface area contributed by atoms with Crippen LogP contribution in [0.2, 0.25) is 0 Å². The molecule has 1 saturated heterocycles. The lowest BCUT2D eigenvalue weighted by Crippen LogP contribution is -2.54. The first-order chi connectivity index (χ1) is 15.1. The van der Waals surface area contributed by atoms with Crippen LogP contribution in [0.15, 0.2) is 24.8 Å². The van der Waals surface area contributed by atoms with Crippen molar-refractivity contribution in [3.8, 4) is 22.9 Å². The van der Waals surface area contributed by atoms with E-state index in [1.807, 2.05) is 6.92 Å². The van der Waals surface area contributed by atoms with Crippen molar-refractivity contribution >= 4 is 11.5 Å². The van der Waals surface area contributed by atoms with Gasteiger partial charge in [0.05, 0.1) is 6.20 Å². The molecule has 0 unspecified atom stereocenters. The van der Waals surface area contributed by atoms with Gasteiger partial charge in [0.25, 0.3) is 0 Å². The van der Waals surface area contributed by atoms with E-state index in [9.17, 15) is 18.0 Å². The average molecular weight is 450 g/mol. The molecule has 1 aliphatic carbocycles. The number of aromatic nitrogens is 5. The molecule has 9 nitrogen and oxygen atoms in total. The first-order valence-electron chi connectivity index (χ1n) is 10.1. The van der Waals surface area contributed by atoms with Gasteiger partial charge in [-0.3, -0.25) is 4.68 Å². The molecule has 1 spiro atoms. The van der Waals surface area contributed by atoms with Crippen LogP contribution in [0.4, 0.5) is 13.2 Å². The summed E-state index contributed by atoms with van der Waals surface area (Å²) in [6.45, 7) is 3.82. The van der Waals surface area contributed by atoms with Gasteiger partial charge < -0.3 is 14.8 Å². The molecule has 4 heterocycles. The Morgan fingerprint density at radius 2 is 2.09 bits per heavy atom. The van der Waals surface area contributed by atoms with Crippen molar-refractivity contribution in [2.75, 3.05) is 13.1 Å². The number of ether oxygens (including phenoxy) is 2. The summed E-state index contributed by atoms with van der Waals surface area (Å²) < 4.78 is 52.8. The van der Waals surface area contributed by atoms with Crippen LogP contribution in [0.1, 0.15) is 26.2 Å². The SMILES string of the molecule is Cn1cc(-c2nn3ccnc(OC4(C)CC5(CCNC5)C4)c3c2OC(=O)C(F)(F)F)cn1. The number of carbonyl (C=O) groups excluding carboxylic acids is 1. The van der Waals surface area contributed by atoms with E-state index in [0.717, 1.165) is 32.4 Å². The maximum atomic E-state index is 13.0. The molecule has 0 aromatic carbocycles. The molecular weight excluding hydrogens is 429 g/mol. The molecule has 2 aliphatic rings. The Morgan fingerprint density at radius 3 is 2.72 bits per heavy atom. The summed E-state index contributed by atoms with van der Waals surface area (Å²) in [6.07, 6.45) is 3.33. The molecule has 1 N–H and O–H groups in total. The minimum Gasteiger partial charge on any atom is -0.470 e. The number of rotatable bonds is 4. The first kappa shape index (κ1) is 20.7. The van der Waals surface area contributed by atoms with Crippen molar-refractivity contribution in [2.24, 2.45) is 12.5 Å². The summed E-state index contributed by atoms with van der Waals surface area (Å²) in [6, 6.07) is 0. The molecule has 32 heavy (non-hydrogen) atoms. The predicted octanol–water partition coefficient (Wildman–Crippen LogP) is 2.51. The van der Waals surface area contributed by atoms with Crippen LogP contribution < -0.4 is 14.8 Å². The van der Waals surface area contributed by atoms with Gasteiger partial charge >= 0.3 is 12.1 Å². The number of fused-ring (bicyclic) bond motifs is 1. The lowest BCUT2D eigenvalue weighted by molar-refractivity contribution is -0.189. The Morgan fingerprint density at radius 1 is 1.31 bits per heavy atom. The van der Waals surface area contributed by atoms with E-state index in [0.29, 0.717) is 5.56 Å². The Bertz CT molecular complexity index is 1190. The molecule has 0 amide bonds. The van der Waals surface area contributed by atoms with Gasteiger partial charge in [0, 0.05) is 37.7 Å². The van der Waals surface area contributed by atoms with E-state index in [-0.39, 0.29) is 28.3 Å². The van der Waals surface area contributed by atoms with Crippen molar-refractivity contribution in [3.63, 3.8) is 0 Å². The van der Waals surface area contributed by atoms with Crippen LogP contribution in [0.3, 0.4) is 0 Å². The van der Waals surface area contributed by atoms with Gasteiger partial charge in [-0.15, -0.1) is 0 Å². The number of aryl methyl sites for hydroxylation is 1. The number of esters is 1. The highest BCUT2D eigenvalue weighted by Gasteiger charge is 2.55. The summed E-state index contributed by atoms with van der Waals surface area (Å²) in [5, 5.41) is 11.7. The largest absolute Gasteiger partial charge is 0.491 e. The van der Waals surface area contributed by atoms with Crippen molar-refractivity contribution in [2.45, 2.75) is 38.0 Å². The van der Waals surface area contributed by atoms with Crippen molar-refractivity contribution in [3.05, 3.63) is 24.8 Å². The molecule has 5 rings (SSSR count). The molecule has 1 aliphatic heterocycles. The Balaban J connectivity index is 1.57. The van der Waals surface area contributed by atoms with Gasteiger partial charge in [0.2, 0.25) is 5.88 Å². The van der Waals surface area contributed by atoms with E-state index in [1.165, 1.54) is 27.8 Å². The summed E-state index contributed by atoms with van der Waals surface area (Å²) in [5.74, 6) is -2.66. The van der Waals surface area contributed by atoms with Crippen LogP contribution in [0, 0.1) is 5.41 Å². The third-order valence-corrected chi connectivity index (χ3v) is 6.05. The van der Waals surface area contributed by atoms with Gasteiger partial charge in [0.1, 0.15) is 11.3 Å². The molecule has 0 bridgehead atoms. The number of nitrogens with zero attached hydrogens (tertiary/aromatic N) is 5. The molecule has 170 valence electrons. The number of nitrogens with one attached hydrogen (secondary N) is 1. The number of hydrogen-bond acceptors (Lipinski definition) is 7. The standard InChI is InChI=1S/C20H21F3N6O3/c1-18(9-19(10-18)3-4-24-11-19)32-16-14-15(31-17(30)20(21,22)23)13(12-7-26-28(2)8-12)27-29(14)6-5-25-16/h5-8,24H,3-4,9-11H2,1-2H3. The minimum atomic E-state index is -5.18. The zero-order valence-corrected chi connectivity index (χ0v) is 17.4. The van der Waals surface area contributed by atoms with Gasteiger partial charge in [0.15, 0.2) is 11.3 Å². The molecule has 0 atom stereocenters. The Hall–Kier alpha value is -3.15. The second kappa shape index (κ2) is 6.92. The molecule has 3 aromatic heterocycles. The number of halogens is 3. The normalized spacial score (nSPS) is 25.3. The smallest absolute Gasteiger partial charge is 0.470 e. The third-order valence-electron chi connectivity index (χ3n) is 6.05. The molecule has 12 heteroatoms. The van der Waals surface area contributed by atoms with Gasteiger partial charge in [-0.05, 0) is 38.1 Å². The summed E-state index contributed by atoms with van der Waals surface area (Å²) in [5.41, 5.74) is 0.106. The maximum Gasteiger partial charge on any atom is 0.491 e. The van der Waals surface area contributed by atoms with E-state index in [1.54, 1.807) is 13.2 Å². The van der Waals surface area contributed by atoms with Gasteiger partial charge in [-0.25, -0.2) is 14.3 Å². The van der Waals surface area contributed by atoms with Crippen LogP contribution in [0.5, 0.6) is 11.6 Å². The highest BCUT2D eigenvalue weighted by atomic mass is 19.4. The van der Waals surface area contributed by atoms with Gasteiger partial charge in [-0.2, -0.15) is 23.4 Å². The summed E-state index contributed by atoms with van der Waals surface area (Å²) >= 11 is 0. The quantitative estimate of drug-likeness (QED) is 0.611. The zero-order valence-electron chi connectivity index (χ0n) is 17.4. The second-order valence-corrected chi connectivity index (χ2v) is 8.83. The van der Waals surface area contributed by atoms with E-state index in [4.69, 9.17) is 9.47 Å². The Kier molecular flexibility index (Phi) is 4.49. The maximum absolute atomic E-state index is 13.0. The van der Waals surface area contributed by atoms with E-state index in [2.05, 4.69) is 20.5 Å². The van der Waals surface area contributed by atoms with Crippen molar-refractivity contribution in [1.29, 1.82) is 0 Å². The Labute approximate surface area is 180 Å². The summed E-state index contributed by atoms with van der Waals surface area (Å²) in [4.78, 5) is 16.0. The fraction of sp³-hybridized carbons (Fsp3) is 0.500. The number of alkyl halides is 3. The van der Waals surface area contributed by atoms with Crippen LogP contribution in [0.25, 0.3) is 16.8 Å². The monoisotopic (exact) mass is 450 g/mol. The molecule has 2 fully saturated rings. The predicted molar refractivity (Wildman–Crippen MR) is 105 cm³/mol. The van der Waals surface area contributed by atoms with Crippen LogP contribution in [-0.2, 0) is 11.8 Å². The minimum absolute atomic E-state index is 0.0313. The molecule has 0 radical (unpaired) electrons. The van der Waals surface area contributed by atoms with E-state index >= 15 is 0 Å².